The van der Waals surface area contributed by atoms with Gasteiger partial charge in [-0.2, -0.15) is 0 Å². The summed E-state index contributed by atoms with van der Waals surface area (Å²) in [6.07, 6.45) is 0.991. The highest BCUT2D eigenvalue weighted by atomic mass is 16.6. The summed E-state index contributed by atoms with van der Waals surface area (Å²) < 4.78 is 5.19. The zero-order valence-corrected chi connectivity index (χ0v) is 6.99. The van der Waals surface area contributed by atoms with Gasteiger partial charge in [0.1, 0.15) is 6.10 Å². The molecule has 4 heteroatoms. The van der Waals surface area contributed by atoms with Gasteiger partial charge in [-0.15, -0.1) is 0 Å². The quantitative estimate of drug-likeness (QED) is 0.544. The molecule has 3 aliphatic rings. The Balaban J connectivity index is 1.95. The van der Waals surface area contributed by atoms with Crippen LogP contribution in [0, 0.1) is 5.92 Å². The molecule has 4 bridgehead atoms. The van der Waals surface area contributed by atoms with E-state index >= 15 is 0 Å². The molecule has 1 aliphatic carbocycles. The first-order valence-electron chi connectivity index (χ1n) is 4.43. The third-order valence-corrected chi connectivity index (χ3v) is 3.37. The average Bonchev–Trinajstić information content (AvgIpc) is 2.38. The Morgan fingerprint density at radius 1 is 1.67 bits per heavy atom. The van der Waals surface area contributed by atoms with Gasteiger partial charge in [0.05, 0.1) is 12.1 Å². The van der Waals surface area contributed by atoms with E-state index in [1.807, 2.05) is 0 Å². The molecule has 0 aromatic rings. The maximum Gasteiger partial charge on any atom is 0.407 e. The predicted octanol–water partition coefficient (Wildman–Crippen LogP) is -0.203. The number of nitrogens with zero attached hydrogens (tertiary/aromatic N) is 1. The number of amides is 1. The zero-order chi connectivity index (χ0) is 8.29. The molecule has 3 fully saturated rings. The minimum absolute atomic E-state index is 0.160. The van der Waals surface area contributed by atoms with Crippen molar-refractivity contribution in [3.05, 3.63) is 0 Å². The molecule has 1 unspecified atom stereocenters. The molecule has 1 N–H and O–H groups in total. The smallest absolute Gasteiger partial charge is 0.407 e. The highest BCUT2D eigenvalue weighted by Gasteiger charge is 2.56. The minimum atomic E-state index is -0.223. The van der Waals surface area contributed by atoms with Gasteiger partial charge in [-0.1, -0.05) is 0 Å². The molecule has 2 heterocycles. The van der Waals surface area contributed by atoms with Crippen LogP contribution in [0.2, 0.25) is 0 Å². The Bertz CT molecular complexity index is 243. The molecule has 3 rings (SSSR count). The number of piperidine rings is 1. The molecule has 2 aliphatic heterocycles. The fraction of sp³-hybridized carbons (Fsp3) is 0.875. The first-order valence-corrected chi connectivity index (χ1v) is 4.43. The number of hydrogen-bond donors (Lipinski definition) is 1. The van der Waals surface area contributed by atoms with Crippen molar-refractivity contribution in [2.45, 2.75) is 24.6 Å². The van der Waals surface area contributed by atoms with Gasteiger partial charge in [0.25, 0.3) is 0 Å². The van der Waals surface area contributed by atoms with E-state index in [-0.39, 0.29) is 12.2 Å². The number of carbonyl (C=O) groups is 1. The number of ether oxygens (including phenoxy) is 1. The van der Waals surface area contributed by atoms with Crippen molar-refractivity contribution in [3.8, 4) is 0 Å². The van der Waals surface area contributed by atoms with Crippen LogP contribution in [0.5, 0.6) is 0 Å². The predicted molar refractivity (Wildman–Crippen MR) is 41.7 cm³/mol. The molecular formula is C8H12N2O2. The molecule has 4 nitrogen and oxygen atoms in total. The first-order chi connectivity index (χ1) is 5.75. The summed E-state index contributed by atoms with van der Waals surface area (Å²) in [5.41, 5.74) is 0. The second-order valence-corrected chi connectivity index (χ2v) is 4.04. The highest BCUT2D eigenvalue weighted by molar-refractivity contribution is 5.70. The topological polar surface area (TPSA) is 41.6 Å². The van der Waals surface area contributed by atoms with Crippen molar-refractivity contribution in [1.29, 1.82) is 0 Å². The van der Waals surface area contributed by atoms with Crippen LogP contribution in [-0.4, -0.2) is 42.8 Å². The number of alkyl carbamates (subject to hydrolysis) is 1. The molecule has 1 amide bonds. The summed E-state index contributed by atoms with van der Waals surface area (Å²) in [6.45, 7) is 1.11. The van der Waals surface area contributed by atoms with Crippen molar-refractivity contribution in [2.24, 2.45) is 5.92 Å². The summed E-state index contributed by atoms with van der Waals surface area (Å²) in [5, 5.41) is 2.90. The lowest BCUT2D eigenvalue weighted by atomic mass is 10.1. The molecule has 12 heavy (non-hydrogen) atoms. The Morgan fingerprint density at radius 3 is 3.25 bits per heavy atom. The van der Waals surface area contributed by atoms with Crippen LogP contribution in [0.1, 0.15) is 6.42 Å². The van der Waals surface area contributed by atoms with E-state index in [0.717, 1.165) is 13.0 Å². The van der Waals surface area contributed by atoms with Crippen LogP contribution in [0.4, 0.5) is 4.79 Å². The second kappa shape index (κ2) is 1.93. The molecular weight excluding hydrogens is 156 g/mol. The molecule has 0 aromatic heterocycles. The Hall–Kier alpha value is -0.770. The van der Waals surface area contributed by atoms with E-state index in [2.05, 4.69) is 17.3 Å². The number of likely N-dealkylation sites (N-methyl/N-ethyl adjacent to an activating group) is 1. The van der Waals surface area contributed by atoms with E-state index in [1.165, 1.54) is 0 Å². The van der Waals surface area contributed by atoms with Gasteiger partial charge in [-0.3, -0.25) is 4.90 Å². The lowest BCUT2D eigenvalue weighted by molar-refractivity contribution is 0.0242. The fourth-order valence-electron chi connectivity index (χ4n) is 2.96. The van der Waals surface area contributed by atoms with Crippen LogP contribution in [0.25, 0.3) is 0 Å². The maximum atomic E-state index is 11.0. The van der Waals surface area contributed by atoms with E-state index in [0.29, 0.717) is 18.0 Å². The lowest BCUT2D eigenvalue weighted by Crippen LogP contribution is -2.54. The first kappa shape index (κ1) is 6.71. The van der Waals surface area contributed by atoms with Crippen molar-refractivity contribution < 1.29 is 9.53 Å². The number of hydrogen-bond acceptors (Lipinski definition) is 3. The van der Waals surface area contributed by atoms with Crippen molar-refractivity contribution >= 4 is 6.09 Å². The van der Waals surface area contributed by atoms with Crippen LogP contribution in [0.3, 0.4) is 0 Å². The summed E-state index contributed by atoms with van der Waals surface area (Å²) in [6, 6.07) is 0.800. The van der Waals surface area contributed by atoms with Gasteiger partial charge >= 0.3 is 6.09 Å². The molecule has 0 aromatic carbocycles. The van der Waals surface area contributed by atoms with Crippen LogP contribution < -0.4 is 5.32 Å². The standard InChI is InChI=1S/C8H12N2O2/c1-10-3-4-2-5-7(10)6(4)9-8(11)12-5/h4-7H,2-3H2,1H3,(H,9,11)/t4-,5?,6-,7-/m1/s1. The zero-order valence-electron chi connectivity index (χ0n) is 6.99. The number of likely N-dealkylation sites (tertiary alicyclic amines) is 1. The summed E-state index contributed by atoms with van der Waals surface area (Å²) >= 11 is 0. The fourth-order valence-corrected chi connectivity index (χ4v) is 2.96. The molecule has 0 spiro atoms. The third kappa shape index (κ3) is 0.641. The number of carbonyl (C=O) groups excluding carboxylic acids is 1. The summed E-state index contributed by atoms with van der Waals surface area (Å²) in [5.74, 6) is 0.622. The molecule has 0 radical (unpaired) electrons. The van der Waals surface area contributed by atoms with Crippen LogP contribution in [-0.2, 0) is 4.74 Å². The summed E-state index contributed by atoms with van der Waals surface area (Å²) in [4.78, 5) is 13.3. The summed E-state index contributed by atoms with van der Waals surface area (Å²) in [7, 11) is 2.10. The van der Waals surface area contributed by atoms with Crippen molar-refractivity contribution in [3.63, 3.8) is 0 Å². The van der Waals surface area contributed by atoms with Gasteiger partial charge in [0.15, 0.2) is 0 Å². The lowest BCUT2D eigenvalue weighted by Gasteiger charge is -2.33. The highest BCUT2D eigenvalue weighted by Crippen LogP contribution is 2.40. The Kier molecular flexibility index (Phi) is 1.08. The normalized spacial score (nSPS) is 50.6. The largest absolute Gasteiger partial charge is 0.444 e. The molecule has 1 saturated carbocycles. The van der Waals surface area contributed by atoms with Crippen LogP contribution >= 0.6 is 0 Å². The van der Waals surface area contributed by atoms with E-state index in [1.54, 1.807) is 0 Å². The van der Waals surface area contributed by atoms with Crippen molar-refractivity contribution in [1.82, 2.24) is 10.2 Å². The van der Waals surface area contributed by atoms with Gasteiger partial charge in [0, 0.05) is 6.54 Å². The van der Waals surface area contributed by atoms with Crippen molar-refractivity contribution in [2.75, 3.05) is 13.6 Å². The minimum Gasteiger partial charge on any atom is -0.444 e. The van der Waals surface area contributed by atoms with E-state index in [9.17, 15) is 4.79 Å². The molecule has 4 atom stereocenters. The number of nitrogens with one attached hydrogen (secondary N) is 1. The monoisotopic (exact) mass is 168 g/mol. The SMILES string of the molecule is CN1C[C@H]2CC3OC(=O)N[C@H]2[C@@H]31. The Labute approximate surface area is 70.9 Å². The second-order valence-electron chi connectivity index (χ2n) is 4.04. The third-order valence-electron chi connectivity index (χ3n) is 3.37. The molecule has 2 saturated heterocycles. The number of rotatable bonds is 0. The average molecular weight is 168 g/mol. The van der Waals surface area contributed by atoms with Gasteiger partial charge < -0.3 is 10.1 Å². The molecule has 66 valence electrons. The Morgan fingerprint density at radius 2 is 2.50 bits per heavy atom. The van der Waals surface area contributed by atoms with E-state index in [4.69, 9.17) is 4.74 Å². The van der Waals surface area contributed by atoms with E-state index < -0.39 is 0 Å². The van der Waals surface area contributed by atoms with Crippen LogP contribution in [0.15, 0.2) is 0 Å². The van der Waals surface area contributed by atoms with Gasteiger partial charge in [0.2, 0.25) is 0 Å². The van der Waals surface area contributed by atoms with Gasteiger partial charge in [-0.25, -0.2) is 4.79 Å². The van der Waals surface area contributed by atoms with Gasteiger partial charge in [-0.05, 0) is 19.4 Å². The maximum absolute atomic E-state index is 11.0.